The highest BCUT2D eigenvalue weighted by molar-refractivity contribution is 6.18. The molecule has 66 heavy (non-hydrogen) atoms. The molecule has 1 aliphatic heterocycles. The Bertz CT molecular complexity index is 3250. The lowest BCUT2D eigenvalue weighted by Crippen LogP contribution is -2.35. The number of fused-ring (bicyclic) bond motifs is 7. The number of carbonyl (C=O) groups is 2. The van der Waals surface area contributed by atoms with Crippen LogP contribution in [0.15, 0.2) is 131 Å². The Morgan fingerprint density at radius 3 is 1.61 bits per heavy atom. The van der Waals surface area contributed by atoms with Crippen LogP contribution >= 0.6 is 0 Å². The molecule has 0 aliphatic carbocycles. The van der Waals surface area contributed by atoms with Gasteiger partial charge in [0.1, 0.15) is 51.4 Å². The summed E-state index contributed by atoms with van der Waals surface area (Å²) in [5.41, 5.74) is 7.26. The molecule has 1 aliphatic rings. The molecule has 0 amide bonds. The van der Waals surface area contributed by atoms with Crippen molar-refractivity contribution in [1.29, 1.82) is 0 Å². The molecule has 5 heterocycles. The topological polar surface area (TPSA) is 158 Å². The van der Waals surface area contributed by atoms with Crippen LogP contribution in [0.4, 0.5) is 0 Å². The number of aromatic hydroxyl groups is 2. The number of furan rings is 2. The molecule has 12 nitrogen and oxygen atoms in total. The minimum atomic E-state index is -0.629. The lowest BCUT2D eigenvalue weighted by molar-refractivity contribution is 0.0516. The maximum absolute atomic E-state index is 13.3. The first-order valence-electron chi connectivity index (χ1n) is 22.0. The summed E-state index contributed by atoms with van der Waals surface area (Å²) in [4.78, 5) is 36.7. The molecule has 2 unspecified atom stereocenters. The predicted molar refractivity (Wildman–Crippen MR) is 252 cm³/mol. The molecule has 2 atom stereocenters. The Labute approximate surface area is 381 Å². The average Bonchev–Trinajstić information content (AvgIpc) is 3.88. The number of aromatic nitrogens is 2. The minimum Gasteiger partial charge on any atom is -0.507 e. The van der Waals surface area contributed by atoms with E-state index in [2.05, 4.69) is 39.1 Å². The van der Waals surface area contributed by atoms with Gasteiger partial charge in [0, 0.05) is 88.4 Å². The number of rotatable bonds is 10. The van der Waals surface area contributed by atoms with Crippen molar-refractivity contribution in [2.75, 3.05) is 26.9 Å². The van der Waals surface area contributed by atoms with Crippen LogP contribution in [0.5, 0.6) is 11.5 Å². The van der Waals surface area contributed by atoms with Gasteiger partial charge < -0.3 is 33.3 Å². The quantitative estimate of drug-likeness (QED) is 0.125. The number of aryl methyl sites for hydroxylation is 2. The molecule has 0 spiro atoms. The summed E-state index contributed by atoms with van der Waals surface area (Å²) in [6, 6.07) is 30.7. The van der Waals surface area contributed by atoms with E-state index in [1.807, 2.05) is 72.8 Å². The first-order chi connectivity index (χ1) is 32.2. The first-order valence-corrected chi connectivity index (χ1v) is 22.0. The number of methoxy groups -OCH3 is 1. The molecule has 0 saturated heterocycles. The van der Waals surface area contributed by atoms with Gasteiger partial charge in [0.05, 0.1) is 19.3 Å². The van der Waals surface area contributed by atoms with E-state index in [1.54, 1.807) is 59.6 Å². The van der Waals surface area contributed by atoms with Crippen LogP contribution in [-0.2, 0) is 27.2 Å². The Morgan fingerprint density at radius 2 is 1.09 bits per heavy atom. The maximum atomic E-state index is 13.3. The molecule has 10 rings (SSSR count). The molecule has 0 bridgehead atoms. The van der Waals surface area contributed by atoms with E-state index in [4.69, 9.17) is 23.0 Å². The highest BCUT2D eigenvalue weighted by Gasteiger charge is 2.35. The minimum absolute atomic E-state index is 0.0445. The first kappa shape index (κ1) is 43.7. The van der Waals surface area contributed by atoms with Crippen molar-refractivity contribution < 1.29 is 42.8 Å². The average molecular weight is 884 g/mol. The number of hydrogen-bond acceptors (Lipinski definition) is 12. The number of carbonyl (C=O) groups excluding carboxylic acids is 2. The van der Waals surface area contributed by atoms with Crippen molar-refractivity contribution >= 4 is 55.4 Å². The van der Waals surface area contributed by atoms with Crippen LogP contribution < -0.4 is 0 Å². The van der Waals surface area contributed by atoms with Crippen LogP contribution in [0.2, 0.25) is 0 Å². The number of hydrogen-bond donors (Lipinski definition) is 2. The Kier molecular flexibility index (Phi) is 12.3. The fourth-order valence-corrected chi connectivity index (χ4v) is 9.51. The number of benzene rings is 5. The monoisotopic (exact) mass is 883 g/mol. The van der Waals surface area contributed by atoms with E-state index in [0.29, 0.717) is 78.4 Å². The van der Waals surface area contributed by atoms with Crippen molar-refractivity contribution in [2.24, 2.45) is 0 Å². The fraction of sp³-hybridized carbons (Fsp3) is 0.222. The molecule has 0 saturated carbocycles. The molecule has 0 radical (unpaired) electrons. The van der Waals surface area contributed by atoms with Crippen molar-refractivity contribution in [2.45, 2.75) is 52.8 Å². The standard InChI is InChI=1S/C31H28N2O4.C23H21NO5/c1-3-36-31(35)25-19(2)37-30-24-11-7-6-10-23(24)29(34)27(26(25)30)28(21-12-15-32-16-13-21)33-17-14-20-8-4-5-9-22(20)18-33;1-4-28-23(26)17-13(2)29-22-16-8-6-5-7-15(16)20(25)19(18(17)22)21(27-3)14-9-11-24-12-10-14/h4-13,15-16,28,34H,3,14,17-18H2,1-2H3;5-12,21,25H,4H2,1-3H3. The smallest absolute Gasteiger partial charge is 0.342 e. The van der Waals surface area contributed by atoms with Gasteiger partial charge in [0.25, 0.3) is 0 Å². The summed E-state index contributed by atoms with van der Waals surface area (Å²) in [5.74, 6) is 0.151. The van der Waals surface area contributed by atoms with Gasteiger partial charge in [-0.05, 0) is 80.6 Å². The van der Waals surface area contributed by atoms with Gasteiger partial charge in [-0.15, -0.1) is 0 Å². The summed E-state index contributed by atoms with van der Waals surface area (Å²) in [6.07, 6.45) is 7.11. The predicted octanol–water partition coefficient (Wildman–Crippen LogP) is 11.2. The second-order valence-corrected chi connectivity index (χ2v) is 16.1. The highest BCUT2D eigenvalue weighted by Crippen LogP contribution is 2.49. The Morgan fingerprint density at radius 1 is 0.636 bits per heavy atom. The van der Waals surface area contributed by atoms with Gasteiger partial charge in [-0.2, -0.15) is 0 Å². The Hall–Kier alpha value is -7.54. The van der Waals surface area contributed by atoms with E-state index < -0.39 is 18.0 Å². The zero-order valence-electron chi connectivity index (χ0n) is 37.3. The van der Waals surface area contributed by atoms with Gasteiger partial charge in [0.15, 0.2) is 0 Å². The number of phenolic OH excluding ortho intramolecular Hbond substituents is 2. The van der Waals surface area contributed by atoms with Crippen molar-refractivity contribution in [3.05, 3.63) is 178 Å². The molecular weight excluding hydrogens is 835 g/mol. The molecule has 2 N–H and O–H groups in total. The summed E-state index contributed by atoms with van der Waals surface area (Å²) >= 11 is 0. The van der Waals surface area contributed by atoms with E-state index in [9.17, 15) is 19.8 Å². The lowest BCUT2D eigenvalue weighted by Gasteiger charge is -2.37. The Balaban J connectivity index is 0.000000171. The highest BCUT2D eigenvalue weighted by atomic mass is 16.5. The third-order valence-corrected chi connectivity index (χ3v) is 12.4. The van der Waals surface area contributed by atoms with Gasteiger partial charge in [-0.3, -0.25) is 14.9 Å². The summed E-state index contributed by atoms with van der Waals surface area (Å²) in [6.45, 7) is 9.02. The molecule has 12 heteroatoms. The number of phenols is 2. The van der Waals surface area contributed by atoms with Gasteiger partial charge in [-0.1, -0.05) is 72.8 Å². The van der Waals surface area contributed by atoms with Crippen molar-refractivity contribution in [3.63, 3.8) is 0 Å². The van der Waals surface area contributed by atoms with E-state index in [-0.39, 0.29) is 30.8 Å². The normalized spacial score (nSPS) is 13.6. The SMILES string of the molecule is CCOC(=O)c1c(C)oc2c1c(C(OC)c1ccncc1)c(O)c1ccccc12.CCOC(=O)c1c(C)oc2c1c(C(c1ccncc1)N1CCc3ccccc3C1)c(O)c1ccccc12. The number of ether oxygens (including phenoxy) is 3. The van der Waals surface area contributed by atoms with Gasteiger partial charge in [0.2, 0.25) is 0 Å². The maximum Gasteiger partial charge on any atom is 0.342 e. The van der Waals surface area contributed by atoms with Crippen molar-refractivity contribution in [1.82, 2.24) is 14.9 Å². The van der Waals surface area contributed by atoms with E-state index in [0.717, 1.165) is 29.5 Å². The molecule has 4 aromatic heterocycles. The fourth-order valence-electron chi connectivity index (χ4n) is 9.51. The van der Waals surface area contributed by atoms with Crippen molar-refractivity contribution in [3.8, 4) is 11.5 Å². The number of pyridine rings is 2. The zero-order chi connectivity index (χ0) is 46.1. The largest absolute Gasteiger partial charge is 0.507 e. The van der Waals surface area contributed by atoms with Crippen LogP contribution in [0, 0.1) is 13.8 Å². The van der Waals surface area contributed by atoms with E-state index in [1.165, 1.54) is 11.1 Å². The van der Waals surface area contributed by atoms with E-state index >= 15 is 0 Å². The van der Waals surface area contributed by atoms with Crippen LogP contribution in [0.25, 0.3) is 43.5 Å². The second kappa shape index (κ2) is 18.5. The third kappa shape index (κ3) is 7.67. The van der Waals surface area contributed by atoms with Crippen LogP contribution in [0.3, 0.4) is 0 Å². The molecular formula is C54H49N3O9. The van der Waals surface area contributed by atoms with Gasteiger partial charge >= 0.3 is 11.9 Å². The summed E-state index contributed by atoms with van der Waals surface area (Å²) in [7, 11) is 1.56. The summed E-state index contributed by atoms with van der Waals surface area (Å²) in [5, 5.41) is 27.1. The number of nitrogens with zero attached hydrogens (tertiary/aromatic N) is 3. The van der Waals surface area contributed by atoms with Crippen LogP contribution in [0.1, 0.15) is 91.6 Å². The lowest BCUT2D eigenvalue weighted by atomic mass is 9.87. The third-order valence-electron chi connectivity index (χ3n) is 12.4. The molecule has 9 aromatic rings. The number of esters is 2. The van der Waals surface area contributed by atoms with Gasteiger partial charge in [-0.25, -0.2) is 9.59 Å². The second-order valence-electron chi connectivity index (χ2n) is 16.1. The summed E-state index contributed by atoms with van der Waals surface area (Å²) < 4.78 is 28.8. The molecule has 0 fully saturated rings. The molecule has 5 aromatic carbocycles. The van der Waals surface area contributed by atoms with Crippen LogP contribution in [-0.4, -0.2) is 63.9 Å². The molecule has 334 valence electrons. The zero-order valence-corrected chi connectivity index (χ0v) is 37.3.